The lowest BCUT2D eigenvalue weighted by atomic mass is 10.1. The third kappa shape index (κ3) is 1.75. The molecule has 0 aromatic carbocycles. The first-order valence-electron chi connectivity index (χ1n) is 4.04. The van der Waals surface area contributed by atoms with Crippen LogP contribution in [0.1, 0.15) is 13.3 Å². The van der Waals surface area contributed by atoms with Crippen LogP contribution >= 0.6 is 0 Å². The van der Waals surface area contributed by atoms with Crippen LogP contribution in [-0.4, -0.2) is 32.1 Å². The number of aliphatic imine (C=N–C) groups is 1. The first-order chi connectivity index (χ1) is 5.79. The molecule has 1 heterocycles. The number of nitrogens with zero attached hydrogens (tertiary/aromatic N) is 1. The van der Waals surface area contributed by atoms with Crippen molar-refractivity contribution in [3.05, 3.63) is 0 Å². The van der Waals surface area contributed by atoms with E-state index in [2.05, 4.69) is 4.99 Å². The van der Waals surface area contributed by atoms with Gasteiger partial charge in [0.15, 0.2) is 5.90 Å². The summed E-state index contributed by atoms with van der Waals surface area (Å²) in [5.41, 5.74) is 0. The third-order valence-electron chi connectivity index (χ3n) is 1.76. The van der Waals surface area contributed by atoms with E-state index in [4.69, 9.17) is 9.47 Å². The van der Waals surface area contributed by atoms with Crippen molar-refractivity contribution in [1.29, 1.82) is 0 Å². The van der Waals surface area contributed by atoms with Crippen molar-refractivity contribution in [3.8, 4) is 0 Å². The molecule has 0 aromatic heterocycles. The maximum atomic E-state index is 11.2. The SMILES string of the molecule is CCOC(=O)C1CCN=C1OC. The summed E-state index contributed by atoms with van der Waals surface area (Å²) < 4.78 is 9.80. The number of ether oxygens (including phenoxy) is 2. The van der Waals surface area contributed by atoms with E-state index in [1.807, 2.05) is 0 Å². The Morgan fingerprint density at radius 3 is 3.08 bits per heavy atom. The van der Waals surface area contributed by atoms with E-state index in [9.17, 15) is 4.79 Å². The lowest BCUT2D eigenvalue weighted by Crippen LogP contribution is -2.24. The van der Waals surface area contributed by atoms with Crippen molar-refractivity contribution in [2.24, 2.45) is 10.9 Å². The predicted molar refractivity (Wildman–Crippen MR) is 44.1 cm³/mol. The molecule has 12 heavy (non-hydrogen) atoms. The monoisotopic (exact) mass is 171 g/mol. The highest BCUT2D eigenvalue weighted by Gasteiger charge is 2.30. The number of carbonyl (C=O) groups excluding carboxylic acids is 1. The second kappa shape index (κ2) is 4.09. The van der Waals surface area contributed by atoms with Crippen LogP contribution in [0.5, 0.6) is 0 Å². The van der Waals surface area contributed by atoms with Crippen LogP contribution < -0.4 is 0 Å². The van der Waals surface area contributed by atoms with Crippen molar-refractivity contribution < 1.29 is 14.3 Å². The van der Waals surface area contributed by atoms with Crippen LogP contribution in [0.3, 0.4) is 0 Å². The fraction of sp³-hybridized carbons (Fsp3) is 0.750. The van der Waals surface area contributed by atoms with Crippen LogP contribution in [0, 0.1) is 5.92 Å². The molecule has 0 N–H and O–H groups in total. The largest absolute Gasteiger partial charge is 0.484 e. The highest BCUT2D eigenvalue weighted by atomic mass is 16.5. The van der Waals surface area contributed by atoms with Gasteiger partial charge in [0.1, 0.15) is 5.92 Å². The standard InChI is InChI=1S/C8H13NO3/c1-3-12-8(10)6-4-5-9-7(6)11-2/h6H,3-5H2,1-2H3. The average molecular weight is 171 g/mol. The summed E-state index contributed by atoms with van der Waals surface area (Å²) in [7, 11) is 1.52. The lowest BCUT2D eigenvalue weighted by molar-refractivity contribution is -0.145. The highest BCUT2D eigenvalue weighted by molar-refractivity contribution is 5.98. The Bertz CT molecular complexity index is 200. The zero-order valence-electron chi connectivity index (χ0n) is 7.37. The van der Waals surface area contributed by atoms with E-state index < -0.39 is 0 Å². The van der Waals surface area contributed by atoms with Gasteiger partial charge in [0.05, 0.1) is 13.7 Å². The lowest BCUT2D eigenvalue weighted by Gasteiger charge is -2.09. The summed E-state index contributed by atoms with van der Waals surface area (Å²) >= 11 is 0. The van der Waals surface area contributed by atoms with Crippen LogP contribution in [0.2, 0.25) is 0 Å². The molecule has 0 aromatic rings. The Labute approximate surface area is 71.6 Å². The molecule has 0 aliphatic carbocycles. The summed E-state index contributed by atoms with van der Waals surface area (Å²) in [4.78, 5) is 15.3. The number of hydrogen-bond acceptors (Lipinski definition) is 4. The topological polar surface area (TPSA) is 47.9 Å². The second-order valence-electron chi connectivity index (χ2n) is 2.52. The minimum absolute atomic E-state index is 0.226. The molecule has 0 bridgehead atoms. The summed E-state index contributed by atoms with van der Waals surface area (Å²) in [6.45, 7) is 2.86. The maximum Gasteiger partial charge on any atom is 0.318 e. The molecule has 0 saturated heterocycles. The van der Waals surface area contributed by atoms with Crippen LogP contribution in [0.25, 0.3) is 0 Å². The van der Waals surface area contributed by atoms with Crippen LogP contribution in [0.15, 0.2) is 4.99 Å². The molecule has 1 aliphatic rings. The number of esters is 1. The van der Waals surface area contributed by atoms with Crippen molar-refractivity contribution in [2.45, 2.75) is 13.3 Å². The molecule has 0 saturated carbocycles. The van der Waals surface area contributed by atoms with E-state index in [1.165, 1.54) is 7.11 Å². The van der Waals surface area contributed by atoms with Crippen molar-refractivity contribution in [3.63, 3.8) is 0 Å². The minimum Gasteiger partial charge on any atom is -0.484 e. The van der Waals surface area contributed by atoms with Crippen LogP contribution in [-0.2, 0) is 14.3 Å². The fourth-order valence-electron chi connectivity index (χ4n) is 1.21. The zero-order chi connectivity index (χ0) is 8.97. The summed E-state index contributed by atoms with van der Waals surface area (Å²) in [5.74, 6) is 0.0130. The molecule has 1 atom stereocenters. The van der Waals surface area contributed by atoms with Gasteiger partial charge < -0.3 is 9.47 Å². The highest BCUT2D eigenvalue weighted by Crippen LogP contribution is 2.15. The Morgan fingerprint density at radius 1 is 1.75 bits per heavy atom. The molecule has 0 amide bonds. The molecule has 68 valence electrons. The van der Waals surface area contributed by atoms with E-state index in [0.717, 1.165) is 0 Å². The zero-order valence-corrected chi connectivity index (χ0v) is 7.37. The average Bonchev–Trinajstić information content (AvgIpc) is 2.51. The van der Waals surface area contributed by atoms with Gasteiger partial charge in [-0.05, 0) is 13.3 Å². The predicted octanol–water partition coefficient (Wildman–Crippen LogP) is 0.614. The number of rotatable bonds is 2. The molecular formula is C8H13NO3. The van der Waals surface area contributed by atoms with Gasteiger partial charge in [-0.1, -0.05) is 0 Å². The van der Waals surface area contributed by atoms with Crippen molar-refractivity contribution >= 4 is 11.9 Å². The van der Waals surface area contributed by atoms with Gasteiger partial charge >= 0.3 is 5.97 Å². The smallest absolute Gasteiger partial charge is 0.318 e. The van der Waals surface area contributed by atoms with E-state index >= 15 is 0 Å². The molecule has 4 nitrogen and oxygen atoms in total. The fourth-order valence-corrected chi connectivity index (χ4v) is 1.21. The normalized spacial score (nSPS) is 21.8. The van der Waals surface area contributed by atoms with Gasteiger partial charge in [0.25, 0.3) is 0 Å². The van der Waals surface area contributed by atoms with Gasteiger partial charge in [0, 0.05) is 6.54 Å². The third-order valence-corrected chi connectivity index (χ3v) is 1.76. The summed E-state index contributed by atoms with van der Waals surface area (Å²) in [6, 6.07) is 0. The quantitative estimate of drug-likeness (QED) is 0.572. The summed E-state index contributed by atoms with van der Waals surface area (Å²) in [5, 5.41) is 0. The van der Waals surface area contributed by atoms with Gasteiger partial charge in [-0.15, -0.1) is 0 Å². The Kier molecular flexibility index (Phi) is 3.08. The molecule has 4 heteroatoms. The number of hydrogen-bond donors (Lipinski definition) is 0. The molecule has 0 spiro atoms. The van der Waals surface area contributed by atoms with Gasteiger partial charge in [0.2, 0.25) is 0 Å². The first kappa shape index (κ1) is 9.03. The molecular weight excluding hydrogens is 158 g/mol. The second-order valence-corrected chi connectivity index (χ2v) is 2.52. The Balaban J connectivity index is 2.52. The van der Waals surface area contributed by atoms with Crippen molar-refractivity contribution in [2.75, 3.05) is 20.3 Å². The van der Waals surface area contributed by atoms with E-state index in [-0.39, 0.29) is 11.9 Å². The Hall–Kier alpha value is -1.06. The number of methoxy groups -OCH3 is 1. The van der Waals surface area contributed by atoms with Gasteiger partial charge in [-0.25, -0.2) is 0 Å². The van der Waals surface area contributed by atoms with Crippen molar-refractivity contribution in [1.82, 2.24) is 0 Å². The minimum atomic E-state index is -0.269. The Morgan fingerprint density at radius 2 is 2.50 bits per heavy atom. The molecule has 0 fully saturated rings. The van der Waals surface area contributed by atoms with E-state index in [1.54, 1.807) is 6.92 Å². The maximum absolute atomic E-state index is 11.2. The van der Waals surface area contributed by atoms with Gasteiger partial charge in [-0.3, -0.25) is 9.79 Å². The molecule has 1 unspecified atom stereocenters. The molecule has 1 aliphatic heterocycles. The van der Waals surface area contributed by atoms with E-state index in [0.29, 0.717) is 25.5 Å². The molecule has 1 rings (SSSR count). The number of carbonyl (C=O) groups is 1. The van der Waals surface area contributed by atoms with Crippen LogP contribution in [0.4, 0.5) is 0 Å². The molecule has 0 radical (unpaired) electrons. The first-order valence-corrected chi connectivity index (χ1v) is 4.04. The summed E-state index contributed by atoms with van der Waals surface area (Å²) in [6.07, 6.45) is 0.710. The van der Waals surface area contributed by atoms with Gasteiger partial charge in [-0.2, -0.15) is 0 Å².